The molecule has 0 saturated carbocycles. The van der Waals surface area contributed by atoms with Crippen molar-refractivity contribution < 1.29 is 9.59 Å². The lowest BCUT2D eigenvalue weighted by atomic mass is 10.1. The first-order valence-corrected chi connectivity index (χ1v) is 9.51. The number of fused-ring (bicyclic) bond motifs is 1. The van der Waals surface area contributed by atoms with E-state index in [1.54, 1.807) is 12.1 Å². The van der Waals surface area contributed by atoms with Gasteiger partial charge in [-0.3, -0.25) is 24.2 Å². The van der Waals surface area contributed by atoms with E-state index < -0.39 is 11.8 Å². The molecule has 144 valence electrons. The average molecular weight is 423 g/mol. The third-order valence-corrected chi connectivity index (χ3v) is 5.12. The second-order valence-corrected chi connectivity index (χ2v) is 7.07. The largest absolute Gasteiger partial charge is 0.299 e. The summed E-state index contributed by atoms with van der Waals surface area (Å²) in [4.78, 5) is 31.2. The van der Waals surface area contributed by atoms with Gasteiger partial charge in [0.2, 0.25) is 0 Å². The fourth-order valence-corrected chi connectivity index (χ4v) is 3.60. The van der Waals surface area contributed by atoms with Gasteiger partial charge in [-0.1, -0.05) is 35.9 Å². The molecule has 1 fully saturated rings. The zero-order chi connectivity index (χ0) is 20.5. The molecule has 0 unspecified atom stereocenters. The first kappa shape index (κ1) is 19.0. The smallest absolute Gasteiger partial charge is 0.266 e. The predicted molar refractivity (Wildman–Crippen MR) is 116 cm³/mol. The van der Waals surface area contributed by atoms with E-state index in [0.717, 1.165) is 11.1 Å². The number of hydrogen-bond donors (Lipinski definition) is 1. The van der Waals surface area contributed by atoms with Crippen molar-refractivity contribution in [2.24, 2.45) is 0 Å². The first-order valence-electron chi connectivity index (χ1n) is 8.73. The number of amides is 2. The predicted octanol–water partition coefficient (Wildman–Crippen LogP) is 3.47. The number of imidazole rings is 1. The van der Waals surface area contributed by atoms with E-state index in [0.29, 0.717) is 16.5 Å². The van der Waals surface area contributed by atoms with Gasteiger partial charge in [-0.05, 0) is 42.6 Å². The minimum atomic E-state index is -0.559. The minimum absolute atomic E-state index is 0.0463. The topological polar surface area (TPSA) is 66.7 Å². The third-order valence-electron chi connectivity index (χ3n) is 4.47. The quantitative estimate of drug-likeness (QED) is 0.302. The van der Waals surface area contributed by atoms with Gasteiger partial charge < -0.3 is 0 Å². The van der Waals surface area contributed by atoms with E-state index in [-0.39, 0.29) is 17.2 Å². The zero-order valence-electron chi connectivity index (χ0n) is 15.1. The highest BCUT2D eigenvalue weighted by Gasteiger charge is 2.33. The molecule has 0 spiro atoms. The van der Waals surface area contributed by atoms with Crippen LogP contribution in [-0.2, 0) is 9.59 Å². The van der Waals surface area contributed by atoms with Crippen molar-refractivity contribution >= 4 is 52.3 Å². The van der Waals surface area contributed by atoms with E-state index in [9.17, 15) is 9.59 Å². The number of pyridine rings is 1. The highest BCUT2D eigenvalue weighted by Crippen LogP contribution is 2.30. The molecular weight excluding hydrogens is 408 g/mol. The molecule has 0 aliphatic carbocycles. The molecule has 1 aliphatic heterocycles. The maximum atomic E-state index is 12.8. The van der Waals surface area contributed by atoms with E-state index in [2.05, 4.69) is 16.9 Å². The number of carbonyl (C=O) groups is 2. The maximum absolute atomic E-state index is 12.8. The first-order chi connectivity index (χ1) is 14.0. The number of nitrogens with zero attached hydrogens (tertiary/aromatic N) is 3. The number of halogens is 1. The van der Waals surface area contributed by atoms with Crippen LogP contribution in [0.25, 0.3) is 23.0 Å². The van der Waals surface area contributed by atoms with Crippen LogP contribution in [-0.4, -0.2) is 37.8 Å². The minimum Gasteiger partial charge on any atom is -0.299 e. The van der Waals surface area contributed by atoms with Crippen molar-refractivity contribution in [3.63, 3.8) is 0 Å². The van der Waals surface area contributed by atoms with Crippen LogP contribution in [0.4, 0.5) is 0 Å². The van der Waals surface area contributed by atoms with Gasteiger partial charge in [0.15, 0.2) is 5.11 Å². The average Bonchev–Trinajstić information content (AvgIpc) is 3.07. The fraction of sp³-hybridized carbons (Fsp3) is 0.0476. The van der Waals surface area contributed by atoms with Crippen LogP contribution in [0.1, 0.15) is 5.69 Å². The number of carbonyl (C=O) groups excluding carboxylic acids is 2. The Morgan fingerprint density at radius 1 is 1.17 bits per heavy atom. The molecule has 1 N–H and O–H groups in total. The van der Waals surface area contributed by atoms with Crippen LogP contribution in [0.2, 0.25) is 5.02 Å². The fourth-order valence-electron chi connectivity index (χ4n) is 3.13. The van der Waals surface area contributed by atoms with Crippen molar-refractivity contribution in [1.29, 1.82) is 0 Å². The Balaban J connectivity index is 1.88. The molecule has 6 nitrogen and oxygen atoms in total. The highest BCUT2D eigenvalue weighted by molar-refractivity contribution is 7.80. The molecule has 3 heterocycles. The van der Waals surface area contributed by atoms with Gasteiger partial charge in [-0.15, -0.1) is 6.58 Å². The van der Waals surface area contributed by atoms with Gasteiger partial charge in [0.25, 0.3) is 11.8 Å². The van der Waals surface area contributed by atoms with Gasteiger partial charge in [0, 0.05) is 18.3 Å². The molecule has 1 aliphatic rings. The van der Waals surface area contributed by atoms with Gasteiger partial charge in [0.1, 0.15) is 11.4 Å². The van der Waals surface area contributed by atoms with Gasteiger partial charge >= 0.3 is 0 Å². The van der Waals surface area contributed by atoms with Gasteiger partial charge in [-0.2, -0.15) is 0 Å². The van der Waals surface area contributed by atoms with Crippen LogP contribution < -0.4 is 5.32 Å². The number of aromatic nitrogens is 2. The molecule has 0 atom stereocenters. The zero-order valence-corrected chi connectivity index (χ0v) is 16.7. The van der Waals surface area contributed by atoms with E-state index in [1.165, 1.54) is 11.0 Å². The molecular formula is C21H15ClN4O2S. The van der Waals surface area contributed by atoms with Crippen molar-refractivity contribution in [3.05, 3.63) is 77.6 Å². The highest BCUT2D eigenvalue weighted by atomic mass is 35.5. The second kappa shape index (κ2) is 7.62. The lowest BCUT2D eigenvalue weighted by Gasteiger charge is -2.27. The van der Waals surface area contributed by atoms with Crippen LogP contribution in [0, 0.1) is 0 Å². The second-order valence-electron chi connectivity index (χ2n) is 6.28. The Bertz CT molecular complexity index is 1210. The number of hydrogen-bond acceptors (Lipinski definition) is 4. The summed E-state index contributed by atoms with van der Waals surface area (Å²) in [6.45, 7) is 3.82. The lowest BCUT2D eigenvalue weighted by Crippen LogP contribution is -2.53. The molecule has 3 aromatic rings. The van der Waals surface area contributed by atoms with E-state index >= 15 is 0 Å². The van der Waals surface area contributed by atoms with Crippen LogP contribution in [0.15, 0.2) is 66.9 Å². The molecule has 0 bridgehead atoms. The maximum Gasteiger partial charge on any atom is 0.266 e. The summed E-state index contributed by atoms with van der Waals surface area (Å²) < 4.78 is 1.87. The summed E-state index contributed by atoms with van der Waals surface area (Å²) in [5.74, 6) is -0.438. The van der Waals surface area contributed by atoms with Gasteiger partial charge in [0.05, 0.1) is 16.2 Å². The normalized spacial score (nSPS) is 15.8. The van der Waals surface area contributed by atoms with E-state index in [4.69, 9.17) is 23.8 Å². The SMILES string of the molecule is C=CCN1C(=O)C(=Cc2nc(-c3ccccc3Cl)n3ccccc23)C(=O)NC1=S. The Hall–Kier alpha value is -3.29. The lowest BCUT2D eigenvalue weighted by molar-refractivity contribution is -0.128. The summed E-state index contributed by atoms with van der Waals surface area (Å²) in [6.07, 6.45) is 4.87. The summed E-state index contributed by atoms with van der Waals surface area (Å²) in [7, 11) is 0. The molecule has 1 saturated heterocycles. The molecule has 0 radical (unpaired) electrons. The molecule has 8 heteroatoms. The number of rotatable bonds is 4. The van der Waals surface area contributed by atoms with Crippen LogP contribution in [0.3, 0.4) is 0 Å². The monoisotopic (exact) mass is 422 g/mol. The van der Waals surface area contributed by atoms with Crippen LogP contribution in [0.5, 0.6) is 0 Å². The van der Waals surface area contributed by atoms with Crippen molar-refractivity contribution in [1.82, 2.24) is 19.6 Å². The molecule has 4 rings (SSSR count). The van der Waals surface area contributed by atoms with Crippen LogP contribution >= 0.6 is 23.8 Å². The Kier molecular flexibility index (Phi) is 5.00. The molecule has 1 aromatic carbocycles. The van der Waals surface area contributed by atoms with Gasteiger partial charge in [-0.25, -0.2) is 4.98 Å². The standard InChI is InChI=1S/C21H15ClN4O2S/c1-2-10-26-20(28)14(19(27)24-21(26)29)12-16-17-9-5-6-11-25(17)18(23-16)13-7-3-4-8-15(13)22/h2-9,11-12H,1,10H2,(H,24,27,29). The van der Waals surface area contributed by atoms with E-state index in [1.807, 2.05) is 47.0 Å². The summed E-state index contributed by atoms with van der Waals surface area (Å²) >= 11 is 11.4. The summed E-state index contributed by atoms with van der Waals surface area (Å²) in [6, 6.07) is 12.9. The third kappa shape index (κ3) is 3.35. The molecule has 2 aromatic heterocycles. The summed E-state index contributed by atoms with van der Waals surface area (Å²) in [5.41, 5.74) is 1.91. The number of nitrogens with one attached hydrogen (secondary N) is 1. The Labute approximate surface area is 177 Å². The Morgan fingerprint density at radius 3 is 2.69 bits per heavy atom. The Morgan fingerprint density at radius 2 is 1.93 bits per heavy atom. The molecule has 2 amide bonds. The number of benzene rings is 1. The number of thiocarbonyl (C=S) groups is 1. The van der Waals surface area contributed by atoms with Crippen molar-refractivity contribution in [2.45, 2.75) is 0 Å². The summed E-state index contributed by atoms with van der Waals surface area (Å²) in [5, 5.41) is 3.15. The molecule has 29 heavy (non-hydrogen) atoms. The van der Waals surface area contributed by atoms with Crippen molar-refractivity contribution in [2.75, 3.05) is 6.54 Å². The van der Waals surface area contributed by atoms with Crippen molar-refractivity contribution in [3.8, 4) is 11.4 Å².